The van der Waals surface area contributed by atoms with Crippen molar-refractivity contribution in [3.05, 3.63) is 11.9 Å². The summed E-state index contributed by atoms with van der Waals surface area (Å²) in [4.78, 5) is 0. The van der Waals surface area contributed by atoms with E-state index in [9.17, 15) is 0 Å². The van der Waals surface area contributed by atoms with Crippen molar-refractivity contribution in [1.82, 2.24) is 9.78 Å². The SMILES string of the molecule is CCCCNc1cn(C(C)C)nc1C.Cl. The van der Waals surface area contributed by atoms with Crippen LogP contribution in [0, 0.1) is 6.92 Å². The molecular formula is C11H22ClN3. The van der Waals surface area contributed by atoms with Crippen LogP contribution < -0.4 is 5.32 Å². The molecule has 15 heavy (non-hydrogen) atoms. The van der Waals surface area contributed by atoms with Crippen LogP contribution in [0.1, 0.15) is 45.3 Å². The van der Waals surface area contributed by atoms with Crippen molar-refractivity contribution in [2.24, 2.45) is 0 Å². The molecular weight excluding hydrogens is 210 g/mol. The Labute approximate surface area is 98.7 Å². The van der Waals surface area contributed by atoms with Crippen molar-refractivity contribution in [3.63, 3.8) is 0 Å². The van der Waals surface area contributed by atoms with Crippen LogP contribution in [0.15, 0.2) is 6.20 Å². The van der Waals surface area contributed by atoms with E-state index >= 15 is 0 Å². The van der Waals surface area contributed by atoms with Gasteiger partial charge in [-0.2, -0.15) is 5.10 Å². The van der Waals surface area contributed by atoms with Crippen LogP contribution in [0.3, 0.4) is 0 Å². The third-order valence-corrected chi connectivity index (χ3v) is 2.29. The highest BCUT2D eigenvalue weighted by atomic mass is 35.5. The molecule has 88 valence electrons. The molecule has 0 aliphatic heterocycles. The first-order valence-corrected chi connectivity index (χ1v) is 5.44. The lowest BCUT2D eigenvalue weighted by Crippen LogP contribution is -2.01. The highest BCUT2D eigenvalue weighted by molar-refractivity contribution is 5.85. The van der Waals surface area contributed by atoms with Gasteiger partial charge in [-0.1, -0.05) is 13.3 Å². The Bertz CT molecular complexity index is 281. The number of rotatable bonds is 5. The van der Waals surface area contributed by atoms with Gasteiger partial charge in [0.1, 0.15) is 0 Å². The van der Waals surface area contributed by atoms with Gasteiger partial charge in [-0.25, -0.2) is 0 Å². The maximum atomic E-state index is 4.44. The second-order valence-electron chi connectivity index (χ2n) is 3.98. The van der Waals surface area contributed by atoms with E-state index in [1.165, 1.54) is 18.5 Å². The third-order valence-electron chi connectivity index (χ3n) is 2.29. The van der Waals surface area contributed by atoms with E-state index in [0.717, 1.165) is 12.2 Å². The first-order chi connectivity index (χ1) is 6.65. The van der Waals surface area contributed by atoms with Gasteiger partial charge in [0.15, 0.2) is 0 Å². The van der Waals surface area contributed by atoms with E-state index < -0.39 is 0 Å². The largest absolute Gasteiger partial charge is 0.382 e. The first-order valence-electron chi connectivity index (χ1n) is 5.44. The number of nitrogens with one attached hydrogen (secondary N) is 1. The Kier molecular flexibility index (Phi) is 6.41. The Morgan fingerprint density at radius 2 is 2.13 bits per heavy atom. The fourth-order valence-corrected chi connectivity index (χ4v) is 1.32. The predicted octanol–water partition coefficient (Wildman–Crippen LogP) is 3.41. The third kappa shape index (κ3) is 4.12. The van der Waals surface area contributed by atoms with Gasteiger partial charge in [-0.15, -0.1) is 12.4 Å². The van der Waals surface area contributed by atoms with Gasteiger partial charge in [-0.3, -0.25) is 4.68 Å². The number of hydrogen-bond acceptors (Lipinski definition) is 2. The molecule has 0 aliphatic rings. The van der Waals surface area contributed by atoms with Crippen LogP contribution in [-0.4, -0.2) is 16.3 Å². The maximum Gasteiger partial charge on any atom is 0.0825 e. The smallest absolute Gasteiger partial charge is 0.0825 e. The van der Waals surface area contributed by atoms with Crippen molar-refractivity contribution in [1.29, 1.82) is 0 Å². The molecule has 0 aromatic carbocycles. The number of hydrogen-bond donors (Lipinski definition) is 1. The van der Waals surface area contributed by atoms with Crippen molar-refractivity contribution in [3.8, 4) is 0 Å². The molecule has 1 aromatic heterocycles. The van der Waals surface area contributed by atoms with Gasteiger partial charge < -0.3 is 5.32 Å². The lowest BCUT2D eigenvalue weighted by atomic mass is 10.3. The van der Waals surface area contributed by atoms with Crippen molar-refractivity contribution in [2.45, 2.75) is 46.6 Å². The average Bonchev–Trinajstić information content (AvgIpc) is 2.49. The summed E-state index contributed by atoms with van der Waals surface area (Å²) in [7, 11) is 0. The van der Waals surface area contributed by atoms with E-state index in [4.69, 9.17) is 0 Å². The summed E-state index contributed by atoms with van der Waals surface area (Å²) in [5, 5.41) is 7.85. The molecule has 1 rings (SSSR count). The Morgan fingerprint density at radius 1 is 1.47 bits per heavy atom. The quantitative estimate of drug-likeness (QED) is 0.788. The number of aromatic nitrogens is 2. The summed E-state index contributed by atoms with van der Waals surface area (Å²) in [6.45, 7) is 9.57. The molecule has 0 saturated heterocycles. The normalized spacial score (nSPS) is 10.2. The average molecular weight is 232 g/mol. The predicted molar refractivity (Wildman–Crippen MR) is 68.0 cm³/mol. The summed E-state index contributed by atoms with van der Waals surface area (Å²) in [5.41, 5.74) is 2.27. The Morgan fingerprint density at radius 3 is 2.60 bits per heavy atom. The number of unbranched alkanes of at least 4 members (excludes halogenated alkanes) is 1. The molecule has 0 atom stereocenters. The first kappa shape index (κ1) is 14.3. The summed E-state index contributed by atoms with van der Waals surface area (Å²) in [6, 6.07) is 0.440. The number of aryl methyl sites for hydroxylation is 1. The van der Waals surface area contributed by atoms with Crippen LogP contribution >= 0.6 is 12.4 Å². The fraction of sp³-hybridized carbons (Fsp3) is 0.727. The second-order valence-corrected chi connectivity index (χ2v) is 3.98. The molecule has 1 heterocycles. The van der Waals surface area contributed by atoms with E-state index in [-0.39, 0.29) is 12.4 Å². The van der Waals surface area contributed by atoms with Crippen LogP contribution in [0.2, 0.25) is 0 Å². The molecule has 1 N–H and O–H groups in total. The van der Waals surface area contributed by atoms with Gasteiger partial charge in [0.25, 0.3) is 0 Å². The fourth-order valence-electron chi connectivity index (χ4n) is 1.32. The molecule has 0 unspecified atom stereocenters. The standard InChI is InChI=1S/C11H21N3.ClH/c1-5-6-7-12-11-8-14(9(2)3)13-10(11)4;/h8-9,12H,5-7H2,1-4H3;1H. The molecule has 0 aliphatic carbocycles. The molecule has 0 radical (unpaired) electrons. The number of halogens is 1. The molecule has 4 heteroatoms. The molecule has 0 amide bonds. The van der Waals surface area contributed by atoms with Gasteiger partial charge in [0.2, 0.25) is 0 Å². The molecule has 0 saturated carbocycles. The van der Waals surface area contributed by atoms with E-state index in [1.807, 2.05) is 11.6 Å². The maximum absolute atomic E-state index is 4.44. The minimum atomic E-state index is 0. The highest BCUT2D eigenvalue weighted by Gasteiger charge is 2.05. The minimum absolute atomic E-state index is 0. The van der Waals surface area contributed by atoms with Crippen molar-refractivity contribution < 1.29 is 0 Å². The van der Waals surface area contributed by atoms with Gasteiger partial charge >= 0.3 is 0 Å². The van der Waals surface area contributed by atoms with E-state index in [0.29, 0.717) is 6.04 Å². The lowest BCUT2D eigenvalue weighted by Gasteiger charge is -2.03. The molecule has 0 fully saturated rings. The highest BCUT2D eigenvalue weighted by Crippen LogP contribution is 2.15. The summed E-state index contributed by atoms with van der Waals surface area (Å²) >= 11 is 0. The topological polar surface area (TPSA) is 29.9 Å². The number of anilines is 1. The van der Waals surface area contributed by atoms with Crippen molar-refractivity contribution >= 4 is 18.1 Å². The van der Waals surface area contributed by atoms with Gasteiger partial charge in [-0.05, 0) is 27.2 Å². The number of nitrogens with zero attached hydrogens (tertiary/aromatic N) is 2. The monoisotopic (exact) mass is 231 g/mol. The molecule has 0 spiro atoms. The van der Waals surface area contributed by atoms with E-state index in [1.54, 1.807) is 0 Å². The zero-order chi connectivity index (χ0) is 10.6. The second kappa shape index (κ2) is 6.72. The van der Waals surface area contributed by atoms with Crippen LogP contribution in [0.5, 0.6) is 0 Å². The van der Waals surface area contributed by atoms with Crippen LogP contribution in [0.25, 0.3) is 0 Å². The summed E-state index contributed by atoms with van der Waals surface area (Å²) < 4.78 is 2.00. The lowest BCUT2D eigenvalue weighted by molar-refractivity contribution is 0.529. The zero-order valence-electron chi connectivity index (χ0n) is 10.1. The Balaban J connectivity index is 0.00000196. The zero-order valence-corrected chi connectivity index (χ0v) is 10.9. The summed E-state index contributed by atoms with van der Waals surface area (Å²) in [5.74, 6) is 0. The summed E-state index contributed by atoms with van der Waals surface area (Å²) in [6.07, 6.45) is 4.53. The molecule has 3 nitrogen and oxygen atoms in total. The minimum Gasteiger partial charge on any atom is -0.382 e. The van der Waals surface area contributed by atoms with Gasteiger partial charge in [0.05, 0.1) is 11.4 Å². The van der Waals surface area contributed by atoms with E-state index in [2.05, 4.69) is 37.4 Å². The van der Waals surface area contributed by atoms with Crippen LogP contribution in [-0.2, 0) is 0 Å². The molecule has 1 aromatic rings. The van der Waals surface area contributed by atoms with Gasteiger partial charge in [0, 0.05) is 18.8 Å². The van der Waals surface area contributed by atoms with Crippen molar-refractivity contribution in [2.75, 3.05) is 11.9 Å². The Hall–Kier alpha value is -0.700. The van der Waals surface area contributed by atoms with Crippen LogP contribution in [0.4, 0.5) is 5.69 Å². The molecule has 0 bridgehead atoms.